The lowest BCUT2D eigenvalue weighted by atomic mass is 9.99. The van der Waals surface area contributed by atoms with Gasteiger partial charge in [0.1, 0.15) is 0 Å². The Morgan fingerprint density at radius 3 is 2.44 bits per heavy atom. The Labute approximate surface area is 186 Å². The van der Waals surface area contributed by atoms with Gasteiger partial charge in [-0.2, -0.15) is 18.0 Å². The normalized spacial score (nSPS) is 18.7. The highest BCUT2D eigenvalue weighted by molar-refractivity contribution is 7.86. The summed E-state index contributed by atoms with van der Waals surface area (Å²) in [5, 5.41) is 19.7. The van der Waals surface area contributed by atoms with Crippen LogP contribution in [0.15, 0.2) is 18.5 Å². The highest BCUT2D eigenvalue weighted by Gasteiger charge is 2.38. The number of aryl methyl sites for hydroxylation is 3. The molecule has 0 bridgehead atoms. The number of aromatic nitrogens is 2. The van der Waals surface area contributed by atoms with Crippen molar-refractivity contribution in [2.24, 2.45) is 13.0 Å². The Balaban J connectivity index is 1.43. The number of carbonyl (C=O) groups excluding carboxylic acids is 1. The fourth-order valence-electron chi connectivity index (χ4n) is 4.85. The molecule has 0 radical (unpaired) electrons. The highest BCUT2D eigenvalue weighted by atomic mass is 32.2. The summed E-state index contributed by atoms with van der Waals surface area (Å²) < 4.78 is 32.6. The molecule has 1 saturated heterocycles. The smallest absolute Gasteiger partial charge is 0.436 e. The molecule has 2 N–H and O–H groups in total. The average Bonchev–Trinajstić information content (AvgIpc) is 3.46. The van der Waals surface area contributed by atoms with Crippen molar-refractivity contribution < 1.29 is 22.4 Å². The Kier molecular flexibility index (Phi) is 5.44. The van der Waals surface area contributed by atoms with E-state index >= 15 is 0 Å². The van der Waals surface area contributed by atoms with E-state index in [4.69, 9.17) is 4.74 Å². The quantitative estimate of drug-likeness (QED) is 0.611. The molecule has 1 aliphatic heterocycles. The number of hydrogen-bond acceptors (Lipinski definition) is 6. The van der Waals surface area contributed by atoms with Gasteiger partial charge in [-0.05, 0) is 60.8 Å². The summed E-state index contributed by atoms with van der Waals surface area (Å²) in [5.41, 5.74) is 5.37. The lowest BCUT2D eigenvalue weighted by Gasteiger charge is -2.33. The molecule has 2 amide bonds. The zero-order chi connectivity index (χ0) is 22.5. The lowest BCUT2D eigenvalue weighted by Crippen LogP contribution is -3.14. The summed E-state index contributed by atoms with van der Waals surface area (Å²) in [6, 6.07) is 1.10. The molecule has 32 heavy (non-hydrogen) atoms. The van der Waals surface area contributed by atoms with Crippen LogP contribution in [0.4, 0.5) is 16.2 Å². The number of carbonyl (C=O) groups is 1. The maximum atomic E-state index is 13.3. The van der Waals surface area contributed by atoms with Crippen molar-refractivity contribution >= 4 is 27.6 Å². The van der Waals surface area contributed by atoms with Crippen LogP contribution in [0.25, 0.3) is 0 Å². The average molecular weight is 462 g/mol. The second kappa shape index (κ2) is 8.14. The predicted octanol–water partition coefficient (Wildman–Crippen LogP) is 0.710. The molecule has 1 fully saturated rings. The van der Waals surface area contributed by atoms with Crippen LogP contribution in [0.5, 0.6) is 0 Å². The number of urea groups is 1. The number of quaternary nitrogens is 1. The fourth-order valence-corrected chi connectivity index (χ4v) is 6.12. The zero-order valence-corrected chi connectivity index (χ0v) is 18.8. The summed E-state index contributed by atoms with van der Waals surface area (Å²) in [7, 11) is -2.93. The van der Waals surface area contributed by atoms with E-state index in [1.807, 2.05) is 0 Å². The first-order chi connectivity index (χ1) is 15.3. The first-order valence-electron chi connectivity index (χ1n) is 11.0. The van der Waals surface area contributed by atoms with E-state index in [1.165, 1.54) is 28.2 Å². The van der Waals surface area contributed by atoms with Gasteiger partial charge >= 0.3 is 16.2 Å². The number of nitrogens with zero attached hydrogens (tertiary/aromatic N) is 3. The minimum absolute atomic E-state index is 0.0403. The topological polar surface area (TPSA) is 121 Å². The maximum absolute atomic E-state index is 13.3. The summed E-state index contributed by atoms with van der Waals surface area (Å²) >= 11 is 0. The molecule has 1 unspecified atom stereocenters. The molecule has 2 heterocycles. The number of fused-ring (bicyclic) bond motifs is 2. The fraction of sp³-hybridized carbons (Fsp3) is 0.524. The van der Waals surface area contributed by atoms with Crippen LogP contribution in [0, 0.1) is 11.1 Å². The second-order valence-electron chi connectivity index (χ2n) is 8.79. The van der Waals surface area contributed by atoms with Crippen molar-refractivity contribution in [3.8, 4) is 0 Å². The van der Waals surface area contributed by atoms with Crippen molar-refractivity contribution in [2.75, 3.05) is 29.4 Å². The predicted molar refractivity (Wildman–Crippen MR) is 118 cm³/mol. The second-order valence-corrected chi connectivity index (χ2v) is 10.5. The van der Waals surface area contributed by atoms with Crippen LogP contribution >= 0.6 is 0 Å². The Bertz CT molecular complexity index is 1130. The minimum Gasteiger partial charge on any atom is -0.608 e. The van der Waals surface area contributed by atoms with Gasteiger partial charge in [-0.3, -0.25) is 10.00 Å². The molecular formula is C21H27N5O5S. The highest BCUT2D eigenvalue weighted by Crippen LogP contribution is 2.38. The summed E-state index contributed by atoms with van der Waals surface area (Å²) in [5.74, 6) is -0.0403. The van der Waals surface area contributed by atoms with Gasteiger partial charge in [0.15, 0.2) is 0 Å². The van der Waals surface area contributed by atoms with Gasteiger partial charge in [0.2, 0.25) is 0 Å². The van der Waals surface area contributed by atoms with Gasteiger partial charge in [-0.1, -0.05) is 6.07 Å². The molecule has 2 aromatic rings. The van der Waals surface area contributed by atoms with Crippen LogP contribution in [-0.2, 0) is 47.7 Å². The standard InChI is InChI=1S/C21H27N5O5S/c1-24-11-17(9-22-24)25(10-14-12-31-13-14)32(29,30)26(28)21(27)23-20-18-6-2-4-15(18)8-16-5-3-7-19(16)20/h8-9,11,14,26H,2-7,10,12-13H2,1H3,(H,23,27). The molecule has 0 saturated carbocycles. The van der Waals surface area contributed by atoms with Crippen molar-refractivity contribution in [3.63, 3.8) is 0 Å². The lowest BCUT2D eigenvalue weighted by molar-refractivity contribution is -0.604. The Morgan fingerprint density at radius 2 is 1.91 bits per heavy atom. The van der Waals surface area contributed by atoms with E-state index in [1.54, 1.807) is 7.05 Å². The number of anilines is 2. The van der Waals surface area contributed by atoms with Gasteiger partial charge in [0.25, 0.3) is 0 Å². The van der Waals surface area contributed by atoms with Gasteiger partial charge in [0, 0.05) is 25.7 Å². The first kappa shape index (κ1) is 21.4. The van der Waals surface area contributed by atoms with Gasteiger partial charge in [-0.15, -0.1) is 0 Å². The number of benzene rings is 1. The largest absolute Gasteiger partial charge is 0.608 e. The van der Waals surface area contributed by atoms with Gasteiger partial charge in [0.05, 0.1) is 30.8 Å². The number of hydrogen-bond donors (Lipinski definition) is 2. The van der Waals surface area contributed by atoms with E-state index in [9.17, 15) is 18.4 Å². The molecule has 172 valence electrons. The zero-order valence-electron chi connectivity index (χ0n) is 18.0. The van der Waals surface area contributed by atoms with Crippen LogP contribution in [0.2, 0.25) is 0 Å². The van der Waals surface area contributed by atoms with Crippen LogP contribution in [0.1, 0.15) is 35.1 Å². The van der Waals surface area contributed by atoms with Crippen molar-refractivity contribution in [2.45, 2.75) is 38.5 Å². The molecule has 2 aliphatic carbocycles. The minimum atomic E-state index is -4.59. The number of rotatable bonds is 6. The van der Waals surface area contributed by atoms with Crippen molar-refractivity contribution in [3.05, 3.63) is 45.9 Å². The third-order valence-electron chi connectivity index (χ3n) is 6.53. The van der Waals surface area contributed by atoms with E-state index < -0.39 is 20.7 Å². The molecule has 1 aromatic heterocycles. The Hall–Kier alpha value is -2.47. The molecule has 1 aromatic carbocycles. The molecular weight excluding hydrogens is 434 g/mol. The molecule has 11 heteroatoms. The number of hydroxylamine groups is 1. The van der Waals surface area contributed by atoms with E-state index in [0.29, 0.717) is 18.9 Å². The van der Waals surface area contributed by atoms with E-state index in [2.05, 4.69) is 16.5 Å². The third-order valence-corrected chi connectivity index (χ3v) is 8.13. The number of amides is 2. The molecule has 3 aliphatic rings. The van der Waals surface area contributed by atoms with Crippen LogP contribution < -0.4 is 14.1 Å². The monoisotopic (exact) mass is 461 g/mol. The van der Waals surface area contributed by atoms with Crippen LogP contribution in [0.3, 0.4) is 0 Å². The number of nitrogens with one attached hydrogen (secondary N) is 2. The van der Waals surface area contributed by atoms with Gasteiger partial charge in [-0.25, -0.2) is 9.10 Å². The molecule has 10 nitrogen and oxygen atoms in total. The van der Waals surface area contributed by atoms with Crippen LogP contribution in [-0.4, -0.2) is 44.0 Å². The summed E-state index contributed by atoms with van der Waals surface area (Å²) in [4.78, 5) is 13.0. The van der Waals surface area contributed by atoms with Crippen molar-refractivity contribution in [1.29, 1.82) is 0 Å². The summed E-state index contributed by atoms with van der Waals surface area (Å²) in [6.45, 7) is 0.882. The third kappa shape index (κ3) is 3.68. The molecule has 5 rings (SSSR count). The van der Waals surface area contributed by atoms with E-state index in [-0.39, 0.29) is 18.2 Å². The van der Waals surface area contributed by atoms with Crippen molar-refractivity contribution in [1.82, 2.24) is 9.78 Å². The first-order valence-corrected chi connectivity index (χ1v) is 12.4. The summed E-state index contributed by atoms with van der Waals surface area (Å²) in [6.07, 6.45) is 8.40. The molecule has 0 spiro atoms. The maximum Gasteiger partial charge on any atom is 0.436 e. The van der Waals surface area contributed by atoms with E-state index in [0.717, 1.165) is 54.0 Å². The number of ether oxygens (including phenoxy) is 1. The SMILES string of the molecule is Cn1cc(N(CC2COC2)S(=O)(=O)[NH+]([O-])C(=O)Nc2c3c(cc4c2CCC4)CCC3)cn1. The van der Waals surface area contributed by atoms with Gasteiger partial charge < -0.3 is 9.94 Å². The Morgan fingerprint density at radius 1 is 1.25 bits per heavy atom. The molecule has 1 atom stereocenters.